The Balaban J connectivity index is 1.89. The molecule has 0 atom stereocenters. The number of fused-ring (bicyclic) bond motifs is 1. The number of carbonyl (C=O) groups excluding carboxylic acids is 1. The van der Waals surface area contributed by atoms with Crippen molar-refractivity contribution >= 4 is 22.6 Å². The van der Waals surface area contributed by atoms with E-state index in [0.717, 1.165) is 11.3 Å². The highest BCUT2D eigenvalue weighted by Gasteiger charge is 2.16. The van der Waals surface area contributed by atoms with Crippen LogP contribution >= 0.6 is 0 Å². The fraction of sp³-hybridized carbons (Fsp3) is 0.294. The molecule has 1 aromatic carbocycles. The molecular formula is C17H19N5O3. The highest BCUT2D eigenvalue weighted by atomic mass is 16.5. The summed E-state index contributed by atoms with van der Waals surface area (Å²) in [4.78, 5) is 30.5. The maximum absolute atomic E-state index is 12.6. The molecule has 0 radical (unpaired) electrons. The van der Waals surface area contributed by atoms with Gasteiger partial charge in [-0.2, -0.15) is 9.67 Å². The van der Waals surface area contributed by atoms with Crippen LogP contribution in [0, 0.1) is 13.8 Å². The molecule has 130 valence electrons. The predicted molar refractivity (Wildman–Crippen MR) is 94.0 cm³/mol. The molecular weight excluding hydrogens is 322 g/mol. The zero-order chi connectivity index (χ0) is 18.1. The molecule has 0 saturated heterocycles. The molecule has 8 heteroatoms. The van der Waals surface area contributed by atoms with Crippen molar-refractivity contribution in [1.29, 1.82) is 0 Å². The van der Waals surface area contributed by atoms with E-state index in [1.54, 1.807) is 39.2 Å². The molecule has 3 N–H and O–H groups in total. The normalized spacial score (nSPS) is 11.0. The zero-order valence-electron chi connectivity index (χ0n) is 14.3. The molecule has 0 unspecified atom stereocenters. The van der Waals surface area contributed by atoms with Crippen LogP contribution in [0.3, 0.4) is 0 Å². The van der Waals surface area contributed by atoms with E-state index >= 15 is 0 Å². The van der Waals surface area contributed by atoms with E-state index in [1.807, 2.05) is 0 Å². The number of ether oxygens (including phenoxy) is 1. The fourth-order valence-corrected chi connectivity index (χ4v) is 2.90. The minimum atomic E-state index is -0.386. The van der Waals surface area contributed by atoms with Crippen LogP contribution < -0.4 is 16.2 Å². The first kappa shape index (κ1) is 16.7. The van der Waals surface area contributed by atoms with Crippen LogP contribution in [0.5, 0.6) is 5.75 Å². The zero-order valence-corrected chi connectivity index (χ0v) is 14.3. The maximum atomic E-state index is 12.6. The van der Waals surface area contributed by atoms with Gasteiger partial charge < -0.3 is 15.5 Å². The van der Waals surface area contributed by atoms with Gasteiger partial charge in [-0.05, 0) is 38.0 Å². The van der Waals surface area contributed by atoms with E-state index in [4.69, 9.17) is 10.5 Å². The molecule has 3 rings (SSSR count). The summed E-state index contributed by atoms with van der Waals surface area (Å²) >= 11 is 0. The average Bonchev–Trinajstić information content (AvgIpc) is 2.90. The van der Waals surface area contributed by atoms with E-state index in [2.05, 4.69) is 15.1 Å². The monoisotopic (exact) mass is 341 g/mol. The average molecular weight is 341 g/mol. The Hall–Kier alpha value is -3.16. The van der Waals surface area contributed by atoms with E-state index in [9.17, 15) is 9.59 Å². The van der Waals surface area contributed by atoms with Gasteiger partial charge in [0.1, 0.15) is 5.75 Å². The minimum absolute atomic E-state index is 0.194. The van der Waals surface area contributed by atoms with Crippen LogP contribution in [0.25, 0.3) is 10.9 Å². The molecule has 2 heterocycles. The maximum Gasteiger partial charge on any atom is 0.345 e. The van der Waals surface area contributed by atoms with E-state index < -0.39 is 0 Å². The van der Waals surface area contributed by atoms with Crippen molar-refractivity contribution in [2.45, 2.75) is 26.7 Å². The Kier molecular flexibility index (Phi) is 4.26. The molecule has 2 aromatic heterocycles. The molecule has 25 heavy (non-hydrogen) atoms. The predicted octanol–water partition coefficient (Wildman–Crippen LogP) is 1.60. The van der Waals surface area contributed by atoms with Crippen molar-refractivity contribution in [2.24, 2.45) is 0 Å². The van der Waals surface area contributed by atoms with Crippen LogP contribution in [0.15, 0.2) is 23.0 Å². The minimum Gasteiger partial charge on any atom is -0.497 e. The largest absolute Gasteiger partial charge is 0.497 e. The Morgan fingerprint density at radius 3 is 2.80 bits per heavy atom. The van der Waals surface area contributed by atoms with Gasteiger partial charge in [0.25, 0.3) is 0 Å². The summed E-state index contributed by atoms with van der Waals surface area (Å²) in [6.07, 6.45) is 0.661. The van der Waals surface area contributed by atoms with E-state index in [0.29, 0.717) is 34.6 Å². The third-order valence-electron chi connectivity index (χ3n) is 4.19. The molecule has 0 fully saturated rings. The first-order chi connectivity index (χ1) is 11.9. The number of aromatic nitrogens is 4. The molecule has 0 aliphatic rings. The molecule has 0 aliphatic heterocycles. The van der Waals surface area contributed by atoms with Gasteiger partial charge in [-0.1, -0.05) is 0 Å². The van der Waals surface area contributed by atoms with Crippen molar-refractivity contribution in [3.8, 4) is 5.75 Å². The highest BCUT2D eigenvalue weighted by molar-refractivity contribution is 5.97. The SMILES string of the molecule is COc1ccc2c(N)nn(C(=O)CCc3c(C)nc(=O)[nH]c3C)c2c1. The number of anilines is 1. The summed E-state index contributed by atoms with van der Waals surface area (Å²) in [5, 5.41) is 4.85. The summed E-state index contributed by atoms with van der Waals surface area (Å²) in [6.45, 7) is 3.55. The molecule has 0 amide bonds. The number of methoxy groups -OCH3 is 1. The van der Waals surface area contributed by atoms with Crippen LogP contribution in [0.4, 0.5) is 5.82 Å². The summed E-state index contributed by atoms with van der Waals surface area (Å²) in [5.41, 5.74) is 8.33. The summed E-state index contributed by atoms with van der Waals surface area (Å²) in [5.74, 6) is 0.724. The van der Waals surface area contributed by atoms with Gasteiger partial charge >= 0.3 is 5.69 Å². The first-order valence-electron chi connectivity index (χ1n) is 7.82. The quantitative estimate of drug-likeness (QED) is 0.744. The molecule has 0 spiro atoms. The number of carbonyl (C=O) groups is 1. The van der Waals surface area contributed by atoms with Crippen molar-refractivity contribution < 1.29 is 9.53 Å². The van der Waals surface area contributed by atoms with Crippen LogP contribution in [-0.4, -0.2) is 32.8 Å². The van der Waals surface area contributed by atoms with Crippen molar-refractivity contribution in [3.63, 3.8) is 0 Å². The third-order valence-corrected chi connectivity index (χ3v) is 4.19. The molecule has 3 aromatic rings. The lowest BCUT2D eigenvalue weighted by molar-refractivity contribution is 0.0893. The number of nitrogens with one attached hydrogen (secondary N) is 1. The topological polar surface area (TPSA) is 116 Å². The van der Waals surface area contributed by atoms with Gasteiger partial charge in [0.05, 0.1) is 12.6 Å². The van der Waals surface area contributed by atoms with E-state index in [-0.39, 0.29) is 18.0 Å². The lowest BCUT2D eigenvalue weighted by atomic mass is 10.1. The Morgan fingerprint density at radius 2 is 2.12 bits per heavy atom. The van der Waals surface area contributed by atoms with Gasteiger partial charge in [0.15, 0.2) is 5.82 Å². The second-order valence-corrected chi connectivity index (χ2v) is 5.80. The number of hydrogen-bond donors (Lipinski definition) is 2. The number of aromatic amines is 1. The standard InChI is InChI=1S/C17H19N5O3/c1-9-12(10(2)20-17(24)19-9)6-7-15(23)22-14-8-11(25-3)4-5-13(14)16(18)21-22/h4-5,8H,6-7H2,1-3H3,(H2,18,21)(H,19,20,24). The number of benzene rings is 1. The van der Waals surface area contributed by atoms with Gasteiger partial charge in [-0.25, -0.2) is 4.79 Å². The number of aryl methyl sites for hydroxylation is 2. The van der Waals surface area contributed by atoms with Gasteiger partial charge in [0.2, 0.25) is 5.91 Å². The lowest BCUT2D eigenvalue weighted by Gasteiger charge is -2.08. The second-order valence-electron chi connectivity index (χ2n) is 5.80. The van der Waals surface area contributed by atoms with E-state index in [1.165, 1.54) is 4.68 Å². The summed E-state index contributed by atoms with van der Waals surface area (Å²) < 4.78 is 6.51. The van der Waals surface area contributed by atoms with Gasteiger partial charge in [-0.3, -0.25) is 4.79 Å². The number of rotatable bonds is 4. The Morgan fingerprint density at radius 1 is 1.36 bits per heavy atom. The van der Waals surface area contributed by atoms with Crippen molar-refractivity contribution in [1.82, 2.24) is 19.7 Å². The lowest BCUT2D eigenvalue weighted by Crippen LogP contribution is -2.18. The fourth-order valence-electron chi connectivity index (χ4n) is 2.90. The number of nitrogen functional groups attached to an aromatic ring is 1. The van der Waals surface area contributed by atoms with Crippen molar-refractivity contribution in [3.05, 3.63) is 45.6 Å². The van der Waals surface area contributed by atoms with Crippen LogP contribution in [0.2, 0.25) is 0 Å². The Bertz CT molecular complexity index is 993. The number of hydrogen-bond acceptors (Lipinski definition) is 6. The molecule has 0 saturated carbocycles. The third kappa shape index (κ3) is 3.10. The second kappa shape index (κ2) is 6.39. The summed E-state index contributed by atoms with van der Waals surface area (Å²) in [7, 11) is 1.56. The van der Waals surface area contributed by atoms with Gasteiger partial charge in [0, 0.05) is 29.3 Å². The molecule has 0 bridgehead atoms. The first-order valence-corrected chi connectivity index (χ1v) is 7.82. The number of H-pyrrole nitrogens is 1. The highest BCUT2D eigenvalue weighted by Crippen LogP contribution is 2.25. The van der Waals surface area contributed by atoms with Gasteiger partial charge in [-0.15, -0.1) is 5.10 Å². The van der Waals surface area contributed by atoms with Crippen molar-refractivity contribution in [2.75, 3.05) is 12.8 Å². The summed E-state index contributed by atoms with van der Waals surface area (Å²) in [6, 6.07) is 5.28. The Labute approximate surface area is 143 Å². The van der Waals surface area contributed by atoms with Crippen LogP contribution in [-0.2, 0) is 6.42 Å². The molecule has 8 nitrogen and oxygen atoms in total. The number of nitrogens with zero attached hydrogens (tertiary/aromatic N) is 3. The number of nitrogens with two attached hydrogens (primary N) is 1. The smallest absolute Gasteiger partial charge is 0.345 e. The van der Waals surface area contributed by atoms with Crippen LogP contribution in [0.1, 0.15) is 28.2 Å². The molecule has 0 aliphatic carbocycles.